The predicted octanol–water partition coefficient (Wildman–Crippen LogP) is 2.70. The molecule has 1 aromatic carbocycles. The number of nitro groups is 1. The van der Waals surface area contributed by atoms with Gasteiger partial charge in [-0.2, -0.15) is 0 Å². The topological polar surface area (TPSA) is 110 Å². The molecule has 0 aromatic heterocycles. The average molecular weight is 315 g/mol. The lowest BCUT2D eigenvalue weighted by Crippen LogP contribution is -2.33. The Morgan fingerprint density at radius 1 is 1.48 bits per heavy atom. The van der Waals surface area contributed by atoms with E-state index in [1.165, 1.54) is 6.07 Å². The summed E-state index contributed by atoms with van der Waals surface area (Å²) >= 11 is 5.91. The van der Waals surface area contributed by atoms with Crippen LogP contribution in [0.5, 0.6) is 0 Å². The van der Waals surface area contributed by atoms with Gasteiger partial charge in [-0.05, 0) is 17.9 Å². The van der Waals surface area contributed by atoms with Crippen LogP contribution in [0, 0.1) is 15.5 Å². The van der Waals surface area contributed by atoms with Crippen molar-refractivity contribution in [2.75, 3.05) is 12.0 Å². The number of hydrogen-bond acceptors (Lipinski definition) is 5. The summed E-state index contributed by atoms with van der Waals surface area (Å²) in [5.74, 6) is 4.80. The summed E-state index contributed by atoms with van der Waals surface area (Å²) in [7, 11) is 0. The number of nitrogens with two attached hydrogens (primary N) is 1. The lowest BCUT2D eigenvalue weighted by molar-refractivity contribution is -0.384. The first-order valence-electron chi connectivity index (χ1n) is 6.44. The first kappa shape index (κ1) is 17.2. The summed E-state index contributed by atoms with van der Waals surface area (Å²) in [5, 5.41) is 13.8. The number of nitro benzene ring substituents is 1. The van der Waals surface area contributed by atoms with Crippen molar-refractivity contribution >= 4 is 28.9 Å². The van der Waals surface area contributed by atoms with Crippen LogP contribution in [0.4, 0.5) is 11.4 Å². The highest BCUT2D eigenvalue weighted by Crippen LogP contribution is 2.33. The van der Waals surface area contributed by atoms with Gasteiger partial charge in [0.05, 0.1) is 9.95 Å². The highest BCUT2D eigenvalue weighted by Gasteiger charge is 2.22. The van der Waals surface area contributed by atoms with Gasteiger partial charge < -0.3 is 10.7 Å². The number of hydrazine groups is 1. The Bertz CT molecular complexity index is 561. The lowest BCUT2D eigenvalue weighted by atomic mass is 9.90. The molecular formula is C13H19ClN4O3. The van der Waals surface area contributed by atoms with E-state index in [-0.39, 0.29) is 27.4 Å². The zero-order chi connectivity index (χ0) is 16.2. The van der Waals surface area contributed by atoms with Gasteiger partial charge in [0.25, 0.3) is 11.6 Å². The van der Waals surface area contributed by atoms with Gasteiger partial charge in [0.15, 0.2) is 0 Å². The molecule has 0 saturated carbocycles. The smallest absolute Gasteiger partial charge is 0.295 e. The minimum atomic E-state index is -0.645. The maximum absolute atomic E-state index is 12.1. The third-order valence-electron chi connectivity index (χ3n) is 3.36. The number of benzene rings is 1. The number of carbonyl (C=O) groups is 1. The Morgan fingerprint density at radius 2 is 2.10 bits per heavy atom. The van der Waals surface area contributed by atoms with Crippen molar-refractivity contribution < 1.29 is 9.72 Å². The van der Waals surface area contributed by atoms with Gasteiger partial charge in [0, 0.05) is 18.2 Å². The molecule has 1 rings (SSSR count). The van der Waals surface area contributed by atoms with Crippen LogP contribution in [0.15, 0.2) is 12.1 Å². The minimum Gasteiger partial charge on any atom is -0.351 e. The quantitative estimate of drug-likeness (QED) is 0.425. The zero-order valence-corrected chi connectivity index (χ0v) is 13.0. The average Bonchev–Trinajstić information content (AvgIpc) is 2.43. The molecule has 0 aliphatic rings. The Labute approximate surface area is 128 Å². The molecule has 0 aliphatic heterocycles. The Hall–Kier alpha value is -1.86. The first-order chi connectivity index (χ1) is 9.71. The van der Waals surface area contributed by atoms with Crippen LogP contribution in [0.2, 0.25) is 5.02 Å². The van der Waals surface area contributed by atoms with E-state index in [1.807, 2.05) is 20.8 Å². The van der Waals surface area contributed by atoms with E-state index in [4.69, 9.17) is 17.4 Å². The number of nitrogen functional groups attached to an aromatic ring is 1. The molecule has 1 aromatic rings. The molecule has 0 atom stereocenters. The Balaban J connectivity index is 3.03. The van der Waals surface area contributed by atoms with Crippen LogP contribution in [0.1, 0.15) is 37.6 Å². The van der Waals surface area contributed by atoms with Crippen LogP contribution in [-0.2, 0) is 0 Å². The molecule has 7 nitrogen and oxygen atoms in total. The van der Waals surface area contributed by atoms with Crippen LogP contribution in [-0.4, -0.2) is 17.4 Å². The maximum Gasteiger partial charge on any atom is 0.295 e. The molecule has 0 unspecified atom stereocenters. The van der Waals surface area contributed by atoms with Gasteiger partial charge in [-0.15, -0.1) is 0 Å². The number of rotatable bonds is 6. The number of hydrogen-bond donors (Lipinski definition) is 3. The summed E-state index contributed by atoms with van der Waals surface area (Å²) in [5.41, 5.74) is 1.88. The van der Waals surface area contributed by atoms with E-state index >= 15 is 0 Å². The molecule has 116 valence electrons. The third-order valence-corrected chi connectivity index (χ3v) is 3.66. The SMILES string of the molecule is CCC(C)(C)CNC(=O)c1cc(Cl)c(NN)c([N+](=O)[O-])c1. The van der Waals surface area contributed by atoms with Gasteiger partial charge in [0.1, 0.15) is 5.69 Å². The number of nitrogens with one attached hydrogen (secondary N) is 2. The van der Waals surface area contributed by atoms with E-state index in [0.717, 1.165) is 12.5 Å². The largest absolute Gasteiger partial charge is 0.351 e. The lowest BCUT2D eigenvalue weighted by Gasteiger charge is -2.22. The number of anilines is 1. The normalized spacial score (nSPS) is 11.1. The minimum absolute atomic E-state index is 0.0200. The van der Waals surface area contributed by atoms with Crippen molar-refractivity contribution in [2.24, 2.45) is 11.3 Å². The highest BCUT2D eigenvalue weighted by atomic mass is 35.5. The van der Waals surface area contributed by atoms with Gasteiger partial charge >= 0.3 is 0 Å². The molecule has 1 amide bonds. The molecule has 0 bridgehead atoms. The van der Waals surface area contributed by atoms with Crippen molar-refractivity contribution in [1.29, 1.82) is 0 Å². The number of halogens is 1. The van der Waals surface area contributed by atoms with Crippen molar-refractivity contribution in [3.05, 3.63) is 32.8 Å². The highest BCUT2D eigenvalue weighted by molar-refractivity contribution is 6.34. The number of amides is 1. The van der Waals surface area contributed by atoms with E-state index in [9.17, 15) is 14.9 Å². The molecule has 0 fully saturated rings. The first-order valence-corrected chi connectivity index (χ1v) is 6.82. The molecule has 4 N–H and O–H groups in total. The summed E-state index contributed by atoms with van der Waals surface area (Å²) in [6.07, 6.45) is 0.893. The predicted molar refractivity (Wildman–Crippen MR) is 82.3 cm³/mol. The standard InChI is InChI=1S/C13H19ClN4O3/c1-4-13(2,3)7-16-12(19)8-5-9(14)11(17-15)10(6-8)18(20)21/h5-6,17H,4,7,15H2,1-3H3,(H,16,19). The summed E-state index contributed by atoms with van der Waals surface area (Å²) in [6.45, 7) is 6.52. The van der Waals surface area contributed by atoms with Gasteiger partial charge in [-0.1, -0.05) is 32.4 Å². The molecule has 0 saturated heterocycles. The monoisotopic (exact) mass is 314 g/mol. The van der Waals surface area contributed by atoms with Crippen LogP contribution in [0.3, 0.4) is 0 Å². The summed E-state index contributed by atoms with van der Waals surface area (Å²) < 4.78 is 0. The van der Waals surface area contributed by atoms with Crippen LogP contribution >= 0.6 is 11.6 Å². The fourth-order valence-corrected chi connectivity index (χ4v) is 1.83. The van der Waals surface area contributed by atoms with Crippen molar-refractivity contribution in [1.82, 2.24) is 5.32 Å². The van der Waals surface area contributed by atoms with E-state index in [1.54, 1.807) is 0 Å². The molecule has 21 heavy (non-hydrogen) atoms. The second-order valence-electron chi connectivity index (χ2n) is 5.45. The second kappa shape index (κ2) is 6.73. The van der Waals surface area contributed by atoms with E-state index in [2.05, 4.69) is 10.7 Å². The molecule has 0 radical (unpaired) electrons. The third kappa shape index (κ3) is 4.30. The van der Waals surface area contributed by atoms with Crippen molar-refractivity contribution in [2.45, 2.75) is 27.2 Å². The maximum atomic E-state index is 12.1. The van der Waals surface area contributed by atoms with Crippen LogP contribution < -0.4 is 16.6 Å². The summed E-state index contributed by atoms with van der Waals surface area (Å²) in [6, 6.07) is 2.49. The van der Waals surface area contributed by atoms with Gasteiger partial charge in [0.2, 0.25) is 0 Å². The molecule has 0 spiro atoms. The Morgan fingerprint density at radius 3 is 2.57 bits per heavy atom. The van der Waals surface area contributed by atoms with Crippen molar-refractivity contribution in [3.63, 3.8) is 0 Å². The Kier molecular flexibility index (Phi) is 5.51. The molecule has 8 heteroatoms. The van der Waals surface area contributed by atoms with Gasteiger partial charge in [-0.25, -0.2) is 0 Å². The molecule has 0 aliphatic carbocycles. The zero-order valence-electron chi connectivity index (χ0n) is 12.2. The van der Waals surface area contributed by atoms with Gasteiger partial charge in [-0.3, -0.25) is 20.8 Å². The van der Waals surface area contributed by atoms with Crippen molar-refractivity contribution in [3.8, 4) is 0 Å². The van der Waals surface area contributed by atoms with E-state index < -0.39 is 10.8 Å². The number of carbonyl (C=O) groups excluding carboxylic acids is 1. The molecular weight excluding hydrogens is 296 g/mol. The van der Waals surface area contributed by atoms with Crippen LogP contribution in [0.25, 0.3) is 0 Å². The fourth-order valence-electron chi connectivity index (χ4n) is 1.56. The summed E-state index contributed by atoms with van der Waals surface area (Å²) in [4.78, 5) is 22.4. The second-order valence-corrected chi connectivity index (χ2v) is 5.86. The van der Waals surface area contributed by atoms with E-state index in [0.29, 0.717) is 6.54 Å². The fraction of sp³-hybridized carbons (Fsp3) is 0.462. The number of nitrogens with zero attached hydrogens (tertiary/aromatic N) is 1. The molecule has 0 heterocycles.